The van der Waals surface area contributed by atoms with E-state index in [2.05, 4.69) is 20.7 Å². The Labute approximate surface area is 196 Å². The summed E-state index contributed by atoms with van der Waals surface area (Å²) in [5.41, 5.74) is -0.546. The number of rotatable bonds is 8. The number of aromatic nitrogens is 3. The fourth-order valence-corrected chi connectivity index (χ4v) is 3.43. The minimum absolute atomic E-state index is 0.0119. The number of methoxy groups -OCH3 is 1. The molecular formula is C22H22F3N5O4. The monoisotopic (exact) mass is 480 g/mol. The zero-order chi connectivity index (χ0) is 27.1. The smallest absolute Gasteiger partial charge is 0.418 e. The number of alkyl halides is 3. The van der Waals surface area contributed by atoms with E-state index in [-0.39, 0.29) is 45.8 Å². The second-order valence-corrected chi connectivity index (χ2v) is 7.70. The lowest BCUT2D eigenvalue weighted by Gasteiger charge is -2.19. The first kappa shape index (κ1) is 19.8. The van der Waals surface area contributed by atoms with Crippen LogP contribution in [0.2, 0.25) is 0 Å². The van der Waals surface area contributed by atoms with Crippen LogP contribution in [0, 0.1) is 5.92 Å². The van der Waals surface area contributed by atoms with E-state index in [9.17, 15) is 27.9 Å². The number of pyridine rings is 2. The summed E-state index contributed by atoms with van der Waals surface area (Å²) in [6, 6.07) is 2.33. The van der Waals surface area contributed by atoms with Crippen LogP contribution in [0.15, 0.2) is 30.7 Å². The van der Waals surface area contributed by atoms with E-state index in [1.807, 2.05) is 0 Å². The molecule has 0 spiro atoms. The highest BCUT2D eigenvalue weighted by Gasteiger charge is 2.41. The lowest BCUT2D eigenvalue weighted by Crippen LogP contribution is -2.21. The van der Waals surface area contributed by atoms with Crippen LogP contribution in [0.25, 0.3) is 5.52 Å². The van der Waals surface area contributed by atoms with Crippen molar-refractivity contribution in [3.05, 3.63) is 41.9 Å². The molecule has 34 heavy (non-hydrogen) atoms. The van der Waals surface area contributed by atoms with Gasteiger partial charge in [0.15, 0.2) is 17.6 Å². The van der Waals surface area contributed by atoms with Crippen molar-refractivity contribution in [2.75, 3.05) is 17.7 Å². The number of halogens is 3. The zero-order valence-corrected chi connectivity index (χ0v) is 17.8. The predicted octanol–water partition coefficient (Wildman–Crippen LogP) is 4.02. The number of hydrogen-bond donors (Lipinski definition) is 3. The lowest BCUT2D eigenvalue weighted by atomic mass is 10.1. The first-order valence-electron chi connectivity index (χ1n) is 11.7. The predicted molar refractivity (Wildman–Crippen MR) is 116 cm³/mol. The van der Waals surface area contributed by atoms with Gasteiger partial charge in [0.2, 0.25) is 5.91 Å². The third-order valence-corrected chi connectivity index (χ3v) is 5.31. The Morgan fingerprint density at radius 1 is 1.35 bits per heavy atom. The molecule has 3 heterocycles. The van der Waals surface area contributed by atoms with Crippen LogP contribution < -0.4 is 15.4 Å². The number of carbonyl (C=O) groups is 2. The molecule has 1 amide bonds. The van der Waals surface area contributed by atoms with Gasteiger partial charge in [0.05, 0.1) is 30.2 Å². The number of ether oxygens (including phenoxy) is 1. The van der Waals surface area contributed by atoms with Gasteiger partial charge in [-0.25, -0.2) is 9.50 Å². The second kappa shape index (κ2) is 8.93. The molecule has 0 bridgehead atoms. The first-order valence-corrected chi connectivity index (χ1v) is 10.2. The van der Waals surface area contributed by atoms with E-state index >= 15 is 0 Å². The summed E-state index contributed by atoms with van der Waals surface area (Å²) >= 11 is 0. The summed E-state index contributed by atoms with van der Waals surface area (Å²) in [7, 11) is 1.13. The number of aliphatic hydroxyl groups excluding tert-OH is 1. The van der Waals surface area contributed by atoms with Crippen LogP contribution in [0.5, 0.6) is 5.75 Å². The molecule has 1 aliphatic rings. The van der Waals surface area contributed by atoms with Crippen molar-refractivity contribution < 1.29 is 36.7 Å². The molecule has 0 aromatic carbocycles. The summed E-state index contributed by atoms with van der Waals surface area (Å²) in [5, 5.41) is 19.4. The van der Waals surface area contributed by atoms with Crippen LogP contribution in [0.4, 0.5) is 30.4 Å². The summed E-state index contributed by atoms with van der Waals surface area (Å²) in [6.07, 6.45) is -3.56. The van der Waals surface area contributed by atoms with Gasteiger partial charge >= 0.3 is 6.18 Å². The van der Waals surface area contributed by atoms with Gasteiger partial charge in [-0.2, -0.15) is 18.3 Å². The van der Waals surface area contributed by atoms with Crippen molar-refractivity contribution in [1.29, 1.82) is 0 Å². The Bertz CT molecular complexity index is 1360. The molecule has 1 saturated carbocycles. The topological polar surface area (TPSA) is 118 Å². The van der Waals surface area contributed by atoms with E-state index in [0.717, 1.165) is 32.2 Å². The van der Waals surface area contributed by atoms with Gasteiger partial charge in [-0.15, -0.1) is 0 Å². The second-order valence-electron chi connectivity index (χ2n) is 7.70. The standard InChI is InChI=1S/C22H22F3N5O4/c1-3-16(31)13-9-26-17(29-21(33)11-4-5-11)8-14(13)28-15-10-27-30-7-6-12(19(34-2)18(15)30)20(32)22(23,24)25/h6-11,20,32H,3-5H2,1-2H3,(H2,26,28,29,33)/t20-/m0/s1/i1D3. The quantitative estimate of drug-likeness (QED) is 0.417. The highest BCUT2D eigenvalue weighted by molar-refractivity contribution is 6.03. The van der Waals surface area contributed by atoms with Gasteiger partial charge in [0.1, 0.15) is 11.3 Å². The largest absolute Gasteiger partial charge is 0.494 e. The Hall–Kier alpha value is -3.67. The van der Waals surface area contributed by atoms with Crippen molar-refractivity contribution in [2.24, 2.45) is 5.92 Å². The fraction of sp³-hybridized carbons (Fsp3) is 0.364. The molecule has 0 unspecified atom stereocenters. The van der Waals surface area contributed by atoms with Gasteiger partial charge < -0.3 is 20.5 Å². The molecule has 9 nitrogen and oxygen atoms in total. The van der Waals surface area contributed by atoms with Crippen LogP contribution in [-0.4, -0.2) is 44.7 Å². The molecule has 1 fully saturated rings. The number of nitrogens with one attached hydrogen (secondary N) is 2. The number of anilines is 3. The number of Topliss-reactive ketones (excluding diaryl/α,β-unsaturated/α-hetero) is 1. The molecule has 3 aromatic rings. The number of hydrogen-bond acceptors (Lipinski definition) is 7. The van der Waals surface area contributed by atoms with Crippen molar-refractivity contribution in [3.8, 4) is 5.75 Å². The van der Waals surface area contributed by atoms with Crippen molar-refractivity contribution in [3.63, 3.8) is 0 Å². The Morgan fingerprint density at radius 3 is 2.76 bits per heavy atom. The number of ketones is 1. The number of fused-ring (bicyclic) bond motifs is 1. The minimum Gasteiger partial charge on any atom is -0.494 e. The molecule has 3 aromatic heterocycles. The summed E-state index contributed by atoms with van der Waals surface area (Å²) in [5.74, 6) is -1.41. The van der Waals surface area contributed by atoms with Gasteiger partial charge in [-0.3, -0.25) is 9.59 Å². The SMILES string of the molecule is [2H]C([2H])([2H])CC(=O)c1cnc(NC(=O)C2CC2)cc1Nc1cnn2ccc([C@H](O)C(F)(F)F)c(OC)c12. The summed E-state index contributed by atoms with van der Waals surface area (Å²) < 4.78 is 68.4. The molecule has 12 heteroatoms. The Kier molecular flexibility index (Phi) is 5.19. The molecule has 180 valence electrons. The van der Waals surface area contributed by atoms with Crippen molar-refractivity contribution in [2.45, 2.75) is 38.4 Å². The maximum absolute atomic E-state index is 13.2. The van der Waals surface area contributed by atoms with Crippen LogP contribution in [0.1, 0.15) is 52.3 Å². The average Bonchev–Trinajstić information content (AvgIpc) is 3.58. The first-order chi connectivity index (χ1) is 17.3. The highest BCUT2D eigenvalue weighted by Crippen LogP contribution is 2.41. The number of aliphatic hydroxyl groups is 1. The number of carbonyl (C=O) groups excluding carboxylic acids is 2. The summed E-state index contributed by atoms with van der Waals surface area (Å²) in [4.78, 5) is 29.0. The third kappa shape index (κ3) is 4.53. The van der Waals surface area contributed by atoms with Crippen molar-refractivity contribution >= 4 is 34.4 Å². The minimum atomic E-state index is -4.96. The zero-order valence-electron chi connectivity index (χ0n) is 20.8. The van der Waals surface area contributed by atoms with E-state index < -0.39 is 36.9 Å². The molecule has 1 atom stereocenters. The van der Waals surface area contributed by atoms with Crippen molar-refractivity contribution in [1.82, 2.24) is 14.6 Å². The van der Waals surface area contributed by atoms with E-state index in [0.29, 0.717) is 0 Å². The maximum Gasteiger partial charge on any atom is 0.418 e. The van der Waals surface area contributed by atoms with E-state index in [4.69, 9.17) is 8.85 Å². The van der Waals surface area contributed by atoms with Crippen LogP contribution in [0.3, 0.4) is 0 Å². The third-order valence-electron chi connectivity index (χ3n) is 5.31. The number of nitrogens with zero attached hydrogens (tertiary/aromatic N) is 3. The van der Waals surface area contributed by atoms with Gasteiger partial charge in [0, 0.05) is 40.5 Å². The molecule has 1 aliphatic carbocycles. The molecule has 0 radical (unpaired) electrons. The molecule has 3 N–H and O–H groups in total. The molecule has 0 saturated heterocycles. The van der Waals surface area contributed by atoms with E-state index in [1.165, 1.54) is 23.0 Å². The average molecular weight is 480 g/mol. The Morgan fingerprint density at radius 2 is 2.12 bits per heavy atom. The maximum atomic E-state index is 13.2. The van der Waals surface area contributed by atoms with E-state index in [1.54, 1.807) is 0 Å². The van der Waals surface area contributed by atoms with Crippen LogP contribution in [-0.2, 0) is 4.79 Å². The number of amides is 1. The van der Waals surface area contributed by atoms with Gasteiger partial charge in [-0.05, 0) is 18.9 Å². The van der Waals surface area contributed by atoms with Gasteiger partial charge in [-0.1, -0.05) is 6.85 Å². The molecule has 4 rings (SSSR count). The molecule has 0 aliphatic heterocycles. The molecular weight excluding hydrogens is 455 g/mol. The lowest BCUT2D eigenvalue weighted by molar-refractivity contribution is -0.207. The van der Waals surface area contributed by atoms with Crippen LogP contribution >= 0.6 is 0 Å². The van der Waals surface area contributed by atoms with Gasteiger partial charge in [0.25, 0.3) is 0 Å². The summed E-state index contributed by atoms with van der Waals surface area (Å²) in [6.45, 7) is -2.57. The normalized spacial score (nSPS) is 16.3. The highest BCUT2D eigenvalue weighted by atomic mass is 19.4. The fourth-order valence-electron chi connectivity index (χ4n) is 3.43. The Balaban J connectivity index is 1.78.